The number of carboxylic acid groups (broad SMARTS) is 1. The van der Waals surface area contributed by atoms with Crippen molar-refractivity contribution in [3.8, 4) is 0 Å². The molecule has 0 aromatic carbocycles. The van der Waals surface area contributed by atoms with E-state index in [0.29, 0.717) is 5.56 Å². The zero-order valence-corrected chi connectivity index (χ0v) is 8.31. The Bertz CT molecular complexity index is 414. The molecule has 0 saturated carbocycles. The lowest BCUT2D eigenvalue weighted by atomic mass is 10.1. The summed E-state index contributed by atoms with van der Waals surface area (Å²) in [7, 11) is 0. The van der Waals surface area contributed by atoms with Crippen molar-refractivity contribution in [1.29, 1.82) is 0 Å². The molecule has 1 aliphatic heterocycles. The van der Waals surface area contributed by atoms with Crippen LogP contribution in [0.3, 0.4) is 0 Å². The van der Waals surface area contributed by atoms with E-state index in [2.05, 4.69) is 4.98 Å². The molecular formula is C10H10F2N2O2. The van der Waals surface area contributed by atoms with Crippen molar-refractivity contribution in [3.05, 3.63) is 29.8 Å². The van der Waals surface area contributed by atoms with Gasteiger partial charge in [-0.15, -0.1) is 0 Å². The van der Waals surface area contributed by atoms with Crippen LogP contribution in [0.25, 0.3) is 0 Å². The highest BCUT2D eigenvalue weighted by Crippen LogP contribution is 2.33. The fraction of sp³-hybridized carbons (Fsp3) is 0.400. The number of aromatic nitrogens is 1. The van der Waals surface area contributed by atoms with Crippen LogP contribution in [0.15, 0.2) is 18.5 Å². The number of halogens is 2. The standard InChI is InChI=1S/C10H10F2N2O2/c11-7-1-6(3-13-4-7)9-2-8(12)5-14(9)10(15)16/h1,3-4,8-9H,2,5H2,(H,15,16). The highest BCUT2D eigenvalue weighted by Gasteiger charge is 2.36. The third-order valence-corrected chi connectivity index (χ3v) is 2.61. The van der Waals surface area contributed by atoms with Crippen LogP contribution in [-0.2, 0) is 0 Å². The fourth-order valence-electron chi connectivity index (χ4n) is 1.92. The van der Waals surface area contributed by atoms with Gasteiger partial charge in [0, 0.05) is 12.6 Å². The second-order valence-electron chi connectivity index (χ2n) is 3.72. The van der Waals surface area contributed by atoms with E-state index >= 15 is 0 Å². The fourth-order valence-corrected chi connectivity index (χ4v) is 1.92. The molecule has 86 valence electrons. The largest absolute Gasteiger partial charge is 0.465 e. The number of alkyl halides is 1. The van der Waals surface area contributed by atoms with Crippen LogP contribution in [-0.4, -0.2) is 33.8 Å². The van der Waals surface area contributed by atoms with Gasteiger partial charge in [-0.05, 0) is 11.6 Å². The molecule has 0 bridgehead atoms. The number of likely N-dealkylation sites (tertiary alicyclic amines) is 1. The molecule has 1 aromatic rings. The van der Waals surface area contributed by atoms with E-state index in [9.17, 15) is 13.6 Å². The SMILES string of the molecule is O=C(O)N1CC(F)CC1c1cncc(F)c1. The molecule has 1 N–H and O–H groups in total. The van der Waals surface area contributed by atoms with Crippen molar-refractivity contribution in [2.24, 2.45) is 0 Å². The van der Waals surface area contributed by atoms with Gasteiger partial charge in [-0.1, -0.05) is 0 Å². The number of rotatable bonds is 1. The third kappa shape index (κ3) is 1.95. The highest BCUT2D eigenvalue weighted by atomic mass is 19.1. The average molecular weight is 228 g/mol. The van der Waals surface area contributed by atoms with Gasteiger partial charge in [-0.2, -0.15) is 0 Å². The molecule has 1 aromatic heterocycles. The summed E-state index contributed by atoms with van der Waals surface area (Å²) in [6.45, 7) is -0.170. The number of carbonyl (C=O) groups is 1. The molecule has 6 heteroatoms. The summed E-state index contributed by atoms with van der Waals surface area (Å²) in [5.41, 5.74) is 0.391. The van der Waals surface area contributed by atoms with Crippen LogP contribution in [0.2, 0.25) is 0 Å². The Balaban J connectivity index is 2.28. The quantitative estimate of drug-likeness (QED) is 0.799. The third-order valence-electron chi connectivity index (χ3n) is 2.61. The minimum absolute atomic E-state index is 0.0530. The minimum atomic E-state index is -1.20. The van der Waals surface area contributed by atoms with Gasteiger partial charge in [-0.25, -0.2) is 13.6 Å². The Hall–Kier alpha value is -1.72. The summed E-state index contributed by atoms with van der Waals surface area (Å²) in [5.74, 6) is -0.551. The van der Waals surface area contributed by atoms with E-state index < -0.39 is 24.1 Å². The summed E-state index contributed by atoms with van der Waals surface area (Å²) in [5, 5.41) is 8.88. The van der Waals surface area contributed by atoms with Gasteiger partial charge < -0.3 is 5.11 Å². The smallest absolute Gasteiger partial charge is 0.407 e. The monoisotopic (exact) mass is 228 g/mol. The minimum Gasteiger partial charge on any atom is -0.465 e. The number of nitrogens with zero attached hydrogens (tertiary/aromatic N) is 2. The van der Waals surface area contributed by atoms with Crippen molar-refractivity contribution in [2.45, 2.75) is 18.6 Å². The maximum Gasteiger partial charge on any atom is 0.407 e. The molecule has 1 amide bonds. The van der Waals surface area contributed by atoms with Gasteiger partial charge in [0.25, 0.3) is 0 Å². The van der Waals surface area contributed by atoms with E-state index in [1.54, 1.807) is 0 Å². The maximum absolute atomic E-state index is 13.2. The summed E-state index contributed by atoms with van der Waals surface area (Å²) < 4.78 is 26.1. The molecule has 1 saturated heterocycles. The van der Waals surface area contributed by atoms with Crippen LogP contribution in [0, 0.1) is 5.82 Å². The lowest BCUT2D eigenvalue weighted by molar-refractivity contribution is 0.138. The summed E-state index contributed by atoms with van der Waals surface area (Å²) >= 11 is 0. The predicted octanol–water partition coefficient (Wildman–Crippen LogP) is 1.98. The van der Waals surface area contributed by atoms with Crippen molar-refractivity contribution < 1.29 is 18.7 Å². The summed E-state index contributed by atoms with van der Waals surface area (Å²) in [4.78, 5) is 15.5. The van der Waals surface area contributed by atoms with Crippen LogP contribution in [0.4, 0.5) is 13.6 Å². The van der Waals surface area contributed by atoms with Gasteiger partial charge in [0.15, 0.2) is 0 Å². The topological polar surface area (TPSA) is 53.4 Å². The molecule has 2 rings (SSSR count). The van der Waals surface area contributed by atoms with Gasteiger partial charge in [0.1, 0.15) is 12.0 Å². The van der Waals surface area contributed by atoms with E-state index in [1.165, 1.54) is 12.3 Å². The van der Waals surface area contributed by atoms with Crippen molar-refractivity contribution in [1.82, 2.24) is 9.88 Å². The first kappa shape index (κ1) is 10.8. The Morgan fingerprint density at radius 2 is 2.31 bits per heavy atom. The molecule has 4 nitrogen and oxygen atoms in total. The Morgan fingerprint density at radius 3 is 2.94 bits per heavy atom. The van der Waals surface area contributed by atoms with Gasteiger partial charge in [0.2, 0.25) is 0 Å². The average Bonchev–Trinajstić information content (AvgIpc) is 2.60. The predicted molar refractivity (Wildman–Crippen MR) is 51.2 cm³/mol. The van der Waals surface area contributed by atoms with Crippen molar-refractivity contribution in [2.75, 3.05) is 6.54 Å². The molecule has 2 heterocycles. The Kier molecular flexibility index (Phi) is 2.72. The maximum atomic E-state index is 13.2. The van der Waals surface area contributed by atoms with Gasteiger partial charge >= 0.3 is 6.09 Å². The van der Waals surface area contributed by atoms with Crippen molar-refractivity contribution >= 4 is 6.09 Å². The number of hydrogen-bond acceptors (Lipinski definition) is 2. The van der Waals surface area contributed by atoms with E-state index in [4.69, 9.17) is 5.11 Å². The lowest BCUT2D eigenvalue weighted by Crippen LogP contribution is -2.29. The molecule has 0 radical (unpaired) electrons. The van der Waals surface area contributed by atoms with Crippen molar-refractivity contribution in [3.63, 3.8) is 0 Å². The van der Waals surface area contributed by atoms with Crippen LogP contribution in [0.5, 0.6) is 0 Å². The van der Waals surface area contributed by atoms with Crippen LogP contribution >= 0.6 is 0 Å². The Labute approximate surface area is 90.5 Å². The van der Waals surface area contributed by atoms with Gasteiger partial charge in [0.05, 0.1) is 18.8 Å². The summed E-state index contributed by atoms with van der Waals surface area (Å²) in [6.07, 6.45) is 0.0362. The van der Waals surface area contributed by atoms with E-state index in [0.717, 1.165) is 11.1 Å². The van der Waals surface area contributed by atoms with Gasteiger partial charge in [-0.3, -0.25) is 9.88 Å². The Morgan fingerprint density at radius 1 is 1.56 bits per heavy atom. The van der Waals surface area contributed by atoms with Crippen LogP contribution < -0.4 is 0 Å². The van der Waals surface area contributed by atoms with E-state index in [1.807, 2.05) is 0 Å². The first-order valence-corrected chi connectivity index (χ1v) is 4.82. The van der Waals surface area contributed by atoms with Crippen LogP contribution in [0.1, 0.15) is 18.0 Å². The highest BCUT2D eigenvalue weighted by molar-refractivity contribution is 5.66. The number of pyridine rings is 1. The zero-order valence-electron chi connectivity index (χ0n) is 8.31. The number of amides is 1. The molecule has 16 heavy (non-hydrogen) atoms. The molecular weight excluding hydrogens is 218 g/mol. The molecule has 2 atom stereocenters. The lowest BCUT2D eigenvalue weighted by Gasteiger charge is -2.20. The molecule has 0 aliphatic carbocycles. The zero-order chi connectivity index (χ0) is 11.7. The second-order valence-corrected chi connectivity index (χ2v) is 3.72. The first-order valence-electron chi connectivity index (χ1n) is 4.82. The molecule has 1 fully saturated rings. The molecule has 1 aliphatic rings. The molecule has 0 spiro atoms. The second kappa shape index (κ2) is 4.03. The summed E-state index contributed by atoms with van der Waals surface area (Å²) in [6, 6.07) is 0.543. The normalized spacial score (nSPS) is 24.8. The van der Waals surface area contributed by atoms with E-state index in [-0.39, 0.29) is 13.0 Å². The number of hydrogen-bond donors (Lipinski definition) is 1. The first-order chi connectivity index (χ1) is 7.58. The molecule has 2 unspecified atom stereocenters.